The SMILES string of the molecule is CC1=CC(N(/C=C/C2=C(C)c3ccc(N(c4cccc(C)c4)c4cccc(C)c4)cc3C23c2cc(N(c4cccc(C)c4)c4cccc(C)c4)ccc2-c2ccc(N(c4cccc(C)c4)C4C=CC=C(C)C4C)cc23)c2cccc(C)c2)CC=C1. The second kappa shape index (κ2) is 22.3. The maximum absolute atomic E-state index is 2.62. The molecular formula is C81H76N4. The average Bonchev–Trinajstić information content (AvgIpc) is 1.52. The van der Waals surface area contributed by atoms with Crippen LogP contribution in [0.2, 0.25) is 0 Å². The fourth-order valence-electron chi connectivity index (χ4n) is 14.1. The van der Waals surface area contributed by atoms with E-state index in [4.69, 9.17) is 0 Å². The molecule has 4 heteroatoms. The summed E-state index contributed by atoms with van der Waals surface area (Å²) in [7, 11) is 0. The fraction of sp³-hybridized carbons (Fsp3) is 0.185. The molecule has 9 aromatic rings. The van der Waals surface area contributed by atoms with Crippen molar-refractivity contribution in [2.75, 3.05) is 19.6 Å². The molecule has 0 bridgehead atoms. The van der Waals surface area contributed by atoms with Crippen LogP contribution in [0, 0.1) is 47.5 Å². The summed E-state index contributed by atoms with van der Waals surface area (Å²) in [5, 5.41) is 0. The van der Waals surface area contributed by atoms with Crippen molar-refractivity contribution < 1.29 is 0 Å². The molecule has 1 spiro atoms. The predicted octanol–water partition coefficient (Wildman–Crippen LogP) is 21.5. The van der Waals surface area contributed by atoms with Crippen LogP contribution in [0.5, 0.6) is 0 Å². The third kappa shape index (κ3) is 9.98. The molecular weight excluding hydrogens is 1030 g/mol. The largest absolute Gasteiger partial charge is 0.341 e. The molecule has 0 aromatic heterocycles. The Morgan fingerprint density at radius 1 is 0.435 bits per heavy atom. The minimum Gasteiger partial charge on any atom is -0.341 e. The molecule has 85 heavy (non-hydrogen) atoms. The topological polar surface area (TPSA) is 13.0 Å². The standard InChI is InChI=1S/C81H76N4/c1-53-19-11-27-63(43-53)82(64-28-12-20-54(2)44-64)42-41-76-62(10)73-38-35-70(83(65-29-13-21-55(3)45-65)66-30-14-22-56(4)46-66)50-77(73)81(76)78-51-71(84(67-31-15-23-57(5)47-67)68-32-16-24-58(6)48-68)36-39-74(78)75-40-37-72(52-79(75)81)85(69-33-17-25-59(7)49-69)80-34-18-26-60(8)61(80)9/h11-27,29-52,61,64,80H,28H2,1-10H3/b42-41+. The van der Waals surface area contributed by atoms with Crippen molar-refractivity contribution >= 4 is 56.8 Å². The molecule has 0 amide bonds. The highest BCUT2D eigenvalue weighted by Gasteiger charge is 2.53. The van der Waals surface area contributed by atoms with E-state index >= 15 is 0 Å². The Kier molecular flexibility index (Phi) is 14.4. The smallest absolute Gasteiger partial charge is 0.0724 e. The van der Waals surface area contributed by atoms with Gasteiger partial charge in [-0.2, -0.15) is 0 Å². The van der Waals surface area contributed by atoms with Gasteiger partial charge in [-0.25, -0.2) is 0 Å². The number of hydrogen-bond donors (Lipinski definition) is 0. The van der Waals surface area contributed by atoms with E-state index in [9.17, 15) is 0 Å². The summed E-state index contributed by atoms with van der Waals surface area (Å²) in [5.74, 6) is 0.270. The molecule has 4 atom stereocenters. The summed E-state index contributed by atoms with van der Waals surface area (Å²) in [6.07, 6.45) is 19.8. The van der Waals surface area contributed by atoms with Crippen molar-refractivity contribution in [2.45, 2.75) is 93.2 Å². The van der Waals surface area contributed by atoms with Gasteiger partial charge in [0.25, 0.3) is 0 Å². The van der Waals surface area contributed by atoms with Gasteiger partial charge in [0.1, 0.15) is 0 Å². The fourth-order valence-corrected chi connectivity index (χ4v) is 14.1. The third-order valence-electron chi connectivity index (χ3n) is 18.3. The van der Waals surface area contributed by atoms with Gasteiger partial charge in [-0.05, 0) is 262 Å². The molecule has 0 aliphatic heterocycles. The molecule has 0 saturated carbocycles. The monoisotopic (exact) mass is 1100 g/mol. The summed E-state index contributed by atoms with van der Waals surface area (Å²) < 4.78 is 0. The van der Waals surface area contributed by atoms with Crippen LogP contribution in [-0.4, -0.2) is 12.1 Å². The van der Waals surface area contributed by atoms with E-state index in [0.29, 0.717) is 0 Å². The van der Waals surface area contributed by atoms with E-state index in [1.165, 1.54) is 100 Å². The average molecular weight is 1110 g/mol. The number of hydrogen-bond acceptors (Lipinski definition) is 4. The third-order valence-corrected chi connectivity index (χ3v) is 18.3. The second-order valence-corrected chi connectivity index (χ2v) is 24.5. The van der Waals surface area contributed by atoms with E-state index in [1.54, 1.807) is 0 Å². The molecule has 4 unspecified atom stereocenters. The minimum atomic E-state index is -0.809. The number of benzene rings is 9. The maximum Gasteiger partial charge on any atom is 0.0724 e. The van der Waals surface area contributed by atoms with Crippen molar-refractivity contribution in [3.63, 3.8) is 0 Å². The van der Waals surface area contributed by atoms with Gasteiger partial charge >= 0.3 is 0 Å². The summed E-state index contributed by atoms with van der Waals surface area (Å²) in [5.41, 5.74) is 29.5. The zero-order valence-corrected chi connectivity index (χ0v) is 50.9. The first-order valence-electron chi connectivity index (χ1n) is 30.3. The molecule has 4 nitrogen and oxygen atoms in total. The first-order valence-corrected chi connectivity index (χ1v) is 30.3. The normalized spacial score (nSPS) is 18.3. The molecule has 4 aliphatic carbocycles. The van der Waals surface area contributed by atoms with Crippen LogP contribution >= 0.6 is 0 Å². The van der Waals surface area contributed by atoms with Crippen molar-refractivity contribution in [3.05, 3.63) is 321 Å². The molecule has 0 saturated heterocycles. The molecule has 420 valence electrons. The van der Waals surface area contributed by atoms with E-state index < -0.39 is 5.41 Å². The van der Waals surface area contributed by atoms with Crippen LogP contribution in [0.3, 0.4) is 0 Å². The molecule has 9 aromatic carbocycles. The lowest BCUT2D eigenvalue weighted by molar-refractivity contribution is 0.577. The highest BCUT2D eigenvalue weighted by Crippen LogP contribution is 2.64. The Balaban J connectivity index is 1.14. The van der Waals surface area contributed by atoms with Crippen molar-refractivity contribution in [1.29, 1.82) is 0 Å². The van der Waals surface area contributed by atoms with Gasteiger partial charge in [0.05, 0.1) is 17.5 Å². The van der Waals surface area contributed by atoms with Crippen LogP contribution in [0.15, 0.2) is 266 Å². The Morgan fingerprint density at radius 2 is 0.835 bits per heavy atom. The van der Waals surface area contributed by atoms with Crippen molar-refractivity contribution in [3.8, 4) is 11.1 Å². The van der Waals surface area contributed by atoms with Gasteiger partial charge in [0.2, 0.25) is 0 Å². The number of aryl methyl sites for hydroxylation is 6. The Morgan fingerprint density at radius 3 is 1.33 bits per heavy atom. The molecule has 4 aliphatic rings. The van der Waals surface area contributed by atoms with E-state index in [-0.39, 0.29) is 18.0 Å². The van der Waals surface area contributed by atoms with Gasteiger partial charge < -0.3 is 19.6 Å². The maximum atomic E-state index is 2.62. The van der Waals surface area contributed by atoms with Crippen LogP contribution < -0.4 is 19.6 Å². The molecule has 0 fully saturated rings. The predicted molar refractivity (Wildman–Crippen MR) is 362 cm³/mol. The van der Waals surface area contributed by atoms with Gasteiger partial charge in [0, 0.05) is 63.3 Å². The minimum absolute atomic E-state index is 0.0775. The van der Waals surface area contributed by atoms with Crippen molar-refractivity contribution in [2.24, 2.45) is 5.92 Å². The lowest BCUT2D eigenvalue weighted by Gasteiger charge is -2.39. The van der Waals surface area contributed by atoms with Crippen LogP contribution in [-0.2, 0) is 5.41 Å². The number of anilines is 9. The van der Waals surface area contributed by atoms with E-state index in [2.05, 4.69) is 338 Å². The zero-order valence-electron chi connectivity index (χ0n) is 50.9. The number of allylic oxidation sites excluding steroid dienone is 7. The number of nitrogens with zero attached hydrogens (tertiary/aromatic N) is 4. The summed E-state index contributed by atoms with van der Waals surface area (Å²) in [6, 6.07) is 76.3. The summed E-state index contributed by atoms with van der Waals surface area (Å²) >= 11 is 0. The highest BCUT2D eigenvalue weighted by molar-refractivity contribution is 5.98. The lowest BCUT2D eigenvalue weighted by Crippen LogP contribution is -2.37. The number of rotatable bonds is 13. The summed E-state index contributed by atoms with van der Waals surface area (Å²) in [4.78, 5) is 10.1. The van der Waals surface area contributed by atoms with E-state index in [1.807, 2.05) is 0 Å². The quantitative estimate of drug-likeness (QED) is 0.114. The second-order valence-electron chi connectivity index (χ2n) is 24.5. The first kappa shape index (κ1) is 54.8. The van der Waals surface area contributed by atoms with Crippen LogP contribution in [0.1, 0.15) is 89.8 Å². The van der Waals surface area contributed by atoms with Gasteiger partial charge in [-0.3, -0.25) is 0 Å². The Hall–Kier alpha value is -9.38. The van der Waals surface area contributed by atoms with Gasteiger partial charge in [0.15, 0.2) is 0 Å². The summed E-state index contributed by atoms with van der Waals surface area (Å²) in [6.45, 7) is 22.5. The molecule has 0 N–H and O–H groups in total. The van der Waals surface area contributed by atoms with Crippen LogP contribution in [0.4, 0.5) is 51.2 Å². The highest BCUT2D eigenvalue weighted by atomic mass is 15.2. The van der Waals surface area contributed by atoms with Crippen molar-refractivity contribution in [1.82, 2.24) is 0 Å². The molecule has 0 radical (unpaired) electrons. The molecule has 0 heterocycles. The Labute approximate surface area is 505 Å². The zero-order chi connectivity index (χ0) is 58.7. The molecule has 13 rings (SSSR count). The van der Waals surface area contributed by atoms with Crippen LogP contribution in [0.25, 0.3) is 16.7 Å². The van der Waals surface area contributed by atoms with Gasteiger partial charge in [-0.15, -0.1) is 0 Å². The number of fused-ring (bicyclic) bond motifs is 7. The lowest BCUT2D eigenvalue weighted by atomic mass is 9.69. The Bertz CT molecular complexity index is 4200. The van der Waals surface area contributed by atoms with E-state index in [0.717, 1.165) is 46.2 Å². The first-order chi connectivity index (χ1) is 41.2. The van der Waals surface area contributed by atoms with Gasteiger partial charge in [-0.1, -0.05) is 146 Å².